The van der Waals surface area contributed by atoms with Gasteiger partial charge in [-0.3, -0.25) is 0 Å². The molecule has 3 N–H and O–H groups in total. The number of hydrogen-bond acceptors (Lipinski definition) is 4. The van der Waals surface area contributed by atoms with E-state index in [1.807, 2.05) is 30.3 Å². The van der Waals surface area contributed by atoms with Crippen LogP contribution in [0.1, 0.15) is 17.2 Å². The third-order valence-corrected chi connectivity index (χ3v) is 4.02. The van der Waals surface area contributed by atoms with Gasteiger partial charge in [0.15, 0.2) is 0 Å². The Balaban J connectivity index is 1.83. The van der Waals surface area contributed by atoms with E-state index >= 15 is 0 Å². The van der Waals surface area contributed by atoms with Crippen LogP contribution >= 0.6 is 15.9 Å². The van der Waals surface area contributed by atoms with Crippen molar-refractivity contribution in [2.24, 2.45) is 0 Å². The van der Waals surface area contributed by atoms with E-state index in [0.29, 0.717) is 4.47 Å². The number of rotatable bonds is 6. The Bertz CT molecular complexity index is 663. The lowest BCUT2D eigenvalue weighted by Crippen LogP contribution is -2.36. The maximum Gasteiger partial charge on any atom is 0.407 e. The second-order valence-electron chi connectivity index (χ2n) is 5.09. The first-order valence-electron chi connectivity index (χ1n) is 7.23. The van der Waals surface area contributed by atoms with E-state index in [2.05, 4.69) is 21.2 Å². The molecule has 128 valence electrons. The Hall–Kier alpha value is -1.96. The number of aliphatic hydroxyl groups is 2. The molecule has 2 aromatic carbocycles. The highest BCUT2D eigenvalue weighted by Crippen LogP contribution is 2.28. The van der Waals surface area contributed by atoms with E-state index in [4.69, 9.17) is 4.74 Å². The lowest BCUT2D eigenvalue weighted by Gasteiger charge is -2.20. The molecule has 0 fully saturated rings. The van der Waals surface area contributed by atoms with Crippen molar-refractivity contribution in [1.29, 1.82) is 0 Å². The molecule has 0 aliphatic heterocycles. The number of nitrogens with one attached hydrogen (secondary N) is 1. The number of amides is 1. The molecule has 2 rings (SSSR count). The van der Waals surface area contributed by atoms with E-state index in [1.165, 1.54) is 12.1 Å². The van der Waals surface area contributed by atoms with Gasteiger partial charge in [-0.2, -0.15) is 0 Å². The van der Waals surface area contributed by atoms with Gasteiger partial charge < -0.3 is 20.3 Å². The molecule has 0 radical (unpaired) electrons. The fraction of sp³-hybridized carbons (Fsp3) is 0.235. The zero-order valence-electron chi connectivity index (χ0n) is 12.7. The largest absolute Gasteiger partial charge is 0.445 e. The molecule has 0 aromatic heterocycles. The van der Waals surface area contributed by atoms with E-state index in [1.54, 1.807) is 6.07 Å². The van der Waals surface area contributed by atoms with Crippen molar-refractivity contribution >= 4 is 22.0 Å². The maximum absolute atomic E-state index is 13.8. The van der Waals surface area contributed by atoms with Crippen LogP contribution in [0.15, 0.2) is 53.0 Å². The van der Waals surface area contributed by atoms with E-state index in [0.717, 1.165) is 5.56 Å². The van der Waals surface area contributed by atoms with Crippen molar-refractivity contribution in [3.63, 3.8) is 0 Å². The Morgan fingerprint density at radius 1 is 1.17 bits per heavy atom. The molecular formula is C17H17BrFNO4. The van der Waals surface area contributed by atoms with Gasteiger partial charge in [-0.1, -0.05) is 52.3 Å². The predicted octanol–water partition coefficient (Wildman–Crippen LogP) is 2.91. The molecule has 24 heavy (non-hydrogen) atoms. The second kappa shape index (κ2) is 8.77. The van der Waals surface area contributed by atoms with Gasteiger partial charge in [0.1, 0.15) is 24.6 Å². The van der Waals surface area contributed by atoms with Gasteiger partial charge in [0.25, 0.3) is 0 Å². The summed E-state index contributed by atoms with van der Waals surface area (Å²) in [5.74, 6) is -0.650. The molecule has 0 saturated carbocycles. The Labute approximate surface area is 147 Å². The first kappa shape index (κ1) is 18.4. The van der Waals surface area contributed by atoms with Crippen molar-refractivity contribution in [3.05, 3.63) is 69.9 Å². The van der Waals surface area contributed by atoms with Gasteiger partial charge >= 0.3 is 6.09 Å². The van der Waals surface area contributed by atoms with Crippen LogP contribution in [0.25, 0.3) is 0 Å². The summed E-state index contributed by atoms with van der Waals surface area (Å²) in [6, 6.07) is 13.3. The highest BCUT2D eigenvalue weighted by molar-refractivity contribution is 9.10. The molecule has 0 aliphatic carbocycles. The smallest absolute Gasteiger partial charge is 0.407 e. The number of ether oxygens (including phenoxy) is 1. The maximum atomic E-state index is 13.8. The Kier molecular flexibility index (Phi) is 6.72. The summed E-state index contributed by atoms with van der Waals surface area (Å²) in [6.45, 7) is -0.195. The van der Waals surface area contributed by atoms with Crippen LogP contribution < -0.4 is 5.32 Å². The number of carbonyl (C=O) groups is 1. The molecule has 5 nitrogen and oxygen atoms in total. The third kappa shape index (κ3) is 5.02. The molecule has 0 spiro atoms. The Morgan fingerprint density at radius 3 is 2.54 bits per heavy atom. The van der Waals surface area contributed by atoms with Crippen molar-refractivity contribution in [1.82, 2.24) is 5.32 Å². The van der Waals surface area contributed by atoms with Gasteiger partial charge in [0.05, 0.1) is 0 Å². The summed E-state index contributed by atoms with van der Waals surface area (Å²) in [4.78, 5) is 11.6. The fourth-order valence-electron chi connectivity index (χ4n) is 2.06. The van der Waals surface area contributed by atoms with Crippen LogP contribution in [0.5, 0.6) is 0 Å². The SMILES string of the molecule is O=C(NCC(O)C(O)c1c(F)cccc1Br)OCc1ccccc1. The average Bonchev–Trinajstić information content (AvgIpc) is 2.58. The number of alkyl carbamates (subject to hydrolysis) is 1. The molecule has 2 atom stereocenters. The summed E-state index contributed by atoms with van der Waals surface area (Å²) in [5, 5.41) is 22.3. The van der Waals surface area contributed by atoms with Crippen LogP contribution in [0.4, 0.5) is 9.18 Å². The zero-order valence-corrected chi connectivity index (χ0v) is 14.2. The molecule has 1 amide bonds. The molecule has 7 heteroatoms. The first-order chi connectivity index (χ1) is 11.5. The minimum Gasteiger partial charge on any atom is -0.445 e. The number of hydrogen-bond donors (Lipinski definition) is 3. The normalized spacial score (nSPS) is 13.2. The van der Waals surface area contributed by atoms with Gasteiger partial charge in [-0.25, -0.2) is 9.18 Å². The number of aliphatic hydroxyl groups excluding tert-OH is 2. The molecule has 0 bridgehead atoms. The van der Waals surface area contributed by atoms with Crippen LogP contribution in [0.3, 0.4) is 0 Å². The van der Waals surface area contributed by atoms with E-state index < -0.39 is 24.1 Å². The number of halogens is 2. The lowest BCUT2D eigenvalue weighted by molar-refractivity contribution is 0.0160. The zero-order chi connectivity index (χ0) is 17.5. The number of carbonyl (C=O) groups excluding carboxylic acids is 1. The van der Waals surface area contributed by atoms with E-state index in [-0.39, 0.29) is 18.7 Å². The Morgan fingerprint density at radius 2 is 1.88 bits per heavy atom. The average molecular weight is 398 g/mol. The fourth-order valence-corrected chi connectivity index (χ4v) is 2.64. The molecular weight excluding hydrogens is 381 g/mol. The van der Waals surface area contributed by atoms with Crippen molar-refractivity contribution < 1.29 is 24.1 Å². The summed E-state index contributed by atoms with van der Waals surface area (Å²) < 4.78 is 19.1. The van der Waals surface area contributed by atoms with Crippen molar-refractivity contribution in [2.75, 3.05) is 6.54 Å². The van der Waals surface area contributed by atoms with Crippen LogP contribution in [0, 0.1) is 5.82 Å². The highest BCUT2D eigenvalue weighted by Gasteiger charge is 2.24. The van der Waals surface area contributed by atoms with Gasteiger partial charge in [-0.15, -0.1) is 0 Å². The monoisotopic (exact) mass is 397 g/mol. The van der Waals surface area contributed by atoms with Gasteiger partial charge in [0, 0.05) is 16.6 Å². The summed E-state index contributed by atoms with van der Waals surface area (Å²) in [6.07, 6.45) is -3.62. The number of benzene rings is 2. The topological polar surface area (TPSA) is 78.8 Å². The van der Waals surface area contributed by atoms with Crippen LogP contribution in [-0.4, -0.2) is 29.0 Å². The molecule has 2 aromatic rings. The van der Waals surface area contributed by atoms with Crippen LogP contribution in [0.2, 0.25) is 0 Å². The summed E-state index contributed by atoms with van der Waals surface area (Å²) in [7, 11) is 0. The second-order valence-corrected chi connectivity index (χ2v) is 5.94. The first-order valence-corrected chi connectivity index (χ1v) is 8.03. The highest BCUT2D eigenvalue weighted by atomic mass is 79.9. The summed E-state index contributed by atoms with van der Waals surface area (Å²) >= 11 is 3.12. The molecule has 0 aliphatic rings. The van der Waals surface area contributed by atoms with Crippen molar-refractivity contribution in [2.45, 2.75) is 18.8 Å². The molecule has 0 heterocycles. The minimum absolute atomic E-state index is 0.0653. The minimum atomic E-state index is -1.49. The summed E-state index contributed by atoms with van der Waals surface area (Å²) in [5.41, 5.74) is 0.757. The van der Waals surface area contributed by atoms with Gasteiger partial charge in [0.2, 0.25) is 0 Å². The molecule has 2 unspecified atom stereocenters. The van der Waals surface area contributed by atoms with Crippen LogP contribution in [-0.2, 0) is 11.3 Å². The predicted molar refractivity (Wildman–Crippen MR) is 89.7 cm³/mol. The quantitative estimate of drug-likeness (QED) is 0.699. The third-order valence-electron chi connectivity index (χ3n) is 3.33. The van der Waals surface area contributed by atoms with E-state index in [9.17, 15) is 19.4 Å². The van der Waals surface area contributed by atoms with Gasteiger partial charge in [-0.05, 0) is 17.7 Å². The van der Waals surface area contributed by atoms with Crippen molar-refractivity contribution in [3.8, 4) is 0 Å². The lowest BCUT2D eigenvalue weighted by atomic mass is 10.0. The standard InChI is InChI=1S/C17H17BrFNO4/c18-12-7-4-8-13(19)15(12)16(22)14(21)9-20-17(23)24-10-11-5-2-1-3-6-11/h1-8,14,16,21-22H,9-10H2,(H,20,23). The molecule has 0 saturated heterocycles.